The minimum atomic E-state index is -0.651. The molecular formula is C16H14F2N2O3. The molecule has 0 aromatic heterocycles. The number of carbonyl (C=O) groups is 2. The Balaban J connectivity index is 1.92. The van der Waals surface area contributed by atoms with Crippen molar-refractivity contribution in [3.8, 4) is 0 Å². The van der Waals surface area contributed by atoms with E-state index >= 15 is 0 Å². The predicted molar refractivity (Wildman–Crippen MR) is 81.3 cm³/mol. The molecular weight excluding hydrogens is 306 g/mol. The van der Waals surface area contributed by atoms with Gasteiger partial charge in [-0.3, -0.25) is 4.79 Å². The van der Waals surface area contributed by atoms with Crippen LogP contribution in [0.4, 0.5) is 20.2 Å². The van der Waals surface area contributed by atoms with Crippen molar-refractivity contribution >= 4 is 23.3 Å². The van der Waals surface area contributed by atoms with Crippen molar-refractivity contribution in [3.63, 3.8) is 0 Å². The SMILES string of the molecule is COC(=O)c1ccc(NC(=O)CNc2cc(F)ccc2F)cc1. The Hall–Kier alpha value is -2.96. The third-order valence-electron chi connectivity index (χ3n) is 2.96. The number of hydrogen-bond acceptors (Lipinski definition) is 4. The molecule has 2 aromatic rings. The van der Waals surface area contributed by atoms with Gasteiger partial charge in [0.1, 0.15) is 11.6 Å². The van der Waals surface area contributed by atoms with Gasteiger partial charge >= 0.3 is 5.97 Å². The van der Waals surface area contributed by atoms with Crippen LogP contribution in [0.1, 0.15) is 10.4 Å². The highest BCUT2D eigenvalue weighted by Crippen LogP contribution is 2.15. The molecule has 2 rings (SSSR count). The molecule has 2 aromatic carbocycles. The average molecular weight is 320 g/mol. The monoisotopic (exact) mass is 320 g/mol. The lowest BCUT2D eigenvalue weighted by Crippen LogP contribution is -2.22. The Kier molecular flexibility index (Phi) is 5.24. The van der Waals surface area contributed by atoms with Crippen LogP contribution in [0.3, 0.4) is 0 Å². The summed E-state index contributed by atoms with van der Waals surface area (Å²) < 4.78 is 31.0. The van der Waals surface area contributed by atoms with Crippen LogP contribution in [0, 0.1) is 11.6 Å². The van der Waals surface area contributed by atoms with Crippen molar-refractivity contribution in [2.45, 2.75) is 0 Å². The molecule has 0 atom stereocenters. The Morgan fingerprint density at radius 3 is 2.43 bits per heavy atom. The van der Waals surface area contributed by atoms with Crippen LogP contribution < -0.4 is 10.6 Å². The van der Waals surface area contributed by atoms with Gasteiger partial charge in [0.05, 0.1) is 24.9 Å². The fourth-order valence-corrected chi connectivity index (χ4v) is 1.82. The lowest BCUT2D eigenvalue weighted by Gasteiger charge is -2.09. The van der Waals surface area contributed by atoms with Gasteiger partial charge in [-0.1, -0.05) is 0 Å². The minimum Gasteiger partial charge on any atom is -0.465 e. The van der Waals surface area contributed by atoms with E-state index in [2.05, 4.69) is 15.4 Å². The molecule has 0 heterocycles. The fourth-order valence-electron chi connectivity index (χ4n) is 1.82. The summed E-state index contributed by atoms with van der Waals surface area (Å²) in [6.45, 7) is -0.237. The van der Waals surface area contributed by atoms with Crippen LogP contribution in [0.25, 0.3) is 0 Å². The maximum absolute atomic E-state index is 13.4. The molecule has 7 heteroatoms. The van der Waals surface area contributed by atoms with Gasteiger partial charge in [-0.15, -0.1) is 0 Å². The van der Waals surface area contributed by atoms with Gasteiger partial charge in [0, 0.05) is 5.69 Å². The molecule has 0 unspecified atom stereocenters. The van der Waals surface area contributed by atoms with Crippen LogP contribution >= 0.6 is 0 Å². The van der Waals surface area contributed by atoms with Crippen molar-refractivity contribution < 1.29 is 23.1 Å². The summed E-state index contributed by atoms with van der Waals surface area (Å²) in [5.74, 6) is -2.18. The molecule has 120 valence electrons. The van der Waals surface area contributed by atoms with Gasteiger partial charge in [-0.2, -0.15) is 0 Å². The summed E-state index contributed by atoms with van der Waals surface area (Å²) in [5, 5.41) is 5.07. The molecule has 0 spiro atoms. The fraction of sp³-hybridized carbons (Fsp3) is 0.125. The highest BCUT2D eigenvalue weighted by Gasteiger charge is 2.08. The van der Waals surface area contributed by atoms with E-state index in [9.17, 15) is 18.4 Å². The summed E-state index contributed by atoms with van der Waals surface area (Å²) in [4.78, 5) is 23.1. The maximum Gasteiger partial charge on any atom is 0.337 e. The zero-order valence-electron chi connectivity index (χ0n) is 12.2. The Labute approximate surface area is 131 Å². The summed E-state index contributed by atoms with van der Waals surface area (Å²) in [5.41, 5.74) is 0.718. The first-order valence-electron chi connectivity index (χ1n) is 6.67. The third kappa shape index (κ3) is 4.50. The topological polar surface area (TPSA) is 67.4 Å². The number of carbonyl (C=O) groups excluding carboxylic acids is 2. The molecule has 0 aliphatic carbocycles. The third-order valence-corrected chi connectivity index (χ3v) is 2.96. The minimum absolute atomic E-state index is 0.0961. The first-order valence-corrected chi connectivity index (χ1v) is 6.67. The molecule has 0 aliphatic heterocycles. The van der Waals surface area contributed by atoms with Crippen LogP contribution in [-0.2, 0) is 9.53 Å². The molecule has 5 nitrogen and oxygen atoms in total. The molecule has 23 heavy (non-hydrogen) atoms. The van der Waals surface area contributed by atoms with Crippen LogP contribution in [-0.4, -0.2) is 25.5 Å². The van der Waals surface area contributed by atoms with Crippen LogP contribution in [0.15, 0.2) is 42.5 Å². The first kappa shape index (κ1) is 16.4. The average Bonchev–Trinajstić information content (AvgIpc) is 2.55. The number of rotatable bonds is 5. The van der Waals surface area contributed by atoms with E-state index < -0.39 is 23.5 Å². The number of nitrogens with one attached hydrogen (secondary N) is 2. The second-order valence-electron chi connectivity index (χ2n) is 4.59. The molecule has 0 aliphatic rings. The zero-order chi connectivity index (χ0) is 16.8. The number of benzene rings is 2. The number of methoxy groups -OCH3 is 1. The molecule has 0 fully saturated rings. The standard InChI is InChI=1S/C16H14F2N2O3/c1-23-16(22)10-2-5-12(6-3-10)20-15(21)9-19-14-8-11(17)4-7-13(14)18/h2-8,19H,9H2,1H3,(H,20,21). The van der Waals surface area contributed by atoms with Crippen LogP contribution in [0.5, 0.6) is 0 Å². The largest absolute Gasteiger partial charge is 0.465 e. The Bertz CT molecular complexity index is 718. The van der Waals surface area contributed by atoms with E-state index in [0.29, 0.717) is 11.3 Å². The normalized spacial score (nSPS) is 10.0. The Morgan fingerprint density at radius 1 is 1.09 bits per heavy atom. The molecule has 0 saturated carbocycles. The van der Waals surface area contributed by atoms with E-state index in [0.717, 1.165) is 18.2 Å². The number of anilines is 2. The zero-order valence-corrected chi connectivity index (χ0v) is 12.2. The van der Waals surface area contributed by atoms with Gasteiger partial charge < -0.3 is 15.4 Å². The quantitative estimate of drug-likeness (QED) is 0.831. The summed E-state index contributed by atoms with van der Waals surface area (Å²) in [7, 11) is 1.27. The van der Waals surface area contributed by atoms with Gasteiger partial charge in [-0.05, 0) is 42.5 Å². The maximum atomic E-state index is 13.4. The van der Waals surface area contributed by atoms with E-state index in [4.69, 9.17) is 0 Å². The van der Waals surface area contributed by atoms with Gasteiger partial charge in [0.25, 0.3) is 0 Å². The lowest BCUT2D eigenvalue weighted by atomic mass is 10.2. The number of halogens is 2. The molecule has 0 bridgehead atoms. The van der Waals surface area contributed by atoms with E-state index in [1.807, 2.05) is 0 Å². The number of ether oxygens (including phenoxy) is 1. The highest BCUT2D eigenvalue weighted by atomic mass is 19.1. The predicted octanol–water partition coefficient (Wildman–Crippen LogP) is 2.80. The van der Waals surface area contributed by atoms with Crippen molar-refractivity contribution in [2.75, 3.05) is 24.3 Å². The van der Waals surface area contributed by atoms with Crippen LogP contribution in [0.2, 0.25) is 0 Å². The van der Waals surface area contributed by atoms with E-state index in [1.54, 1.807) is 0 Å². The first-order chi connectivity index (χ1) is 11.0. The summed E-state index contributed by atoms with van der Waals surface area (Å²) in [6.07, 6.45) is 0. The molecule has 0 saturated heterocycles. The summed E-state index contributed by atoms with van der Waals surface area (Å²) in [6, 6.07) is 9.00. The number of hydrogen-bond donors (Lipinski definition) is 2. The van der Waals surface area contributed by atoms with Gasteiger partial charge in [-0.25, -0.2) is 13.6 Å². The number of esters is 1. The smallest absolute Gasteiger partial charge is 0.337 e. The summed E-state index contributed by atoms with van der Waals surface area (Å²) >= 11 is 0. The van der Waals surface area contributed by atoms with E-state index in [-0.39, 0.29) is 12.2 Å². The van der Waals surface area contributed by atoms with Crippen molar-refractivity contribution in [1.82, 2.24) is 0 Å². The Morgan fingerprint density at radius 2 is 1.78 bits per heavy atom. The molecule has 2 N–H and O–H groups in total. The molecule has 0 radical (unpaired) electrons. The lowest BCUT2D eigenvalue weighted by molar-refractivity contribution is -0.114. The van der Waals surface area contributed by atoms with E-state index in [1.165, 1.54) is 31.4 Å². The van der Waals surface area contributed by atoms with Crippen molar-refractivity contribution in [3.05, 3.63) is 59.7 Å². The second-order valence-corrected chi connectivity index (χ2v) is 4.59. The highest BCUT2D eigenvalue weighted by molar-refractivity contribution is 5.95. The van der Waals surface area contributed by atoms with Gasteiger partial charge in [0.2, 0.25) is 5.91 Å². The molecule has 1 amide bonds. The van der Waals surface area contributed by atoms with Crippen molar-refractivity contribution in [1.29, 1.82) is 0 Å². The second kappa shape index (κ2) is 7.35. The number of amides is 1. The van der Waals surface area contributed by atoms with Gasteiger partial charge in [0.15, 0.2) is 0 Å². The van der Waals surface area contributed by atoms with Crippen molar-refractivity contribution in [2.24, 2.45) is 0 Å².